The molecule has 1 amide bonds. The van der Waals surface area contributed by atoms with Gasteiger partial charge in [-0.1, -0.05) is 0 Å². The van der Waals surface area contributed by atoms with Crippen LogP contribution in [0.4, 0.5) is 0 Å². The van der Waals surface area contributed by atoms with Crippen molar-refractivity contribution in [1.82, 2.24) is 10.3 Å². The summed E-state index contributed by atoms with van der Waals surface area (Å²) in [6.45, 7) is 1.35. The fourth-order valence-electron chi connectivity index (χ4n) is 0. The Kier molecular flexibility index (Phi) is 18.8. The van der Waals surface area contributed by atoms with Gasteiger partial charge in [0.25, 0.3) is 0 Å². The quantitative estimate of drug-likeness (QED) is 0.295. The van der Waals surface area contributed by atoms with Gasteiger partial charge in [0.15, 0.2) is 0 Å². The second-order valence-corrected chi connectivity index (χ2v) is 2.04. The Morgan fingerprint density at radius 2 is 1.50 bits per heavy atom. The number of nitrogens with one attached hydrogen (secondary N) is 1. The first-order valence-corrected chi connectivity index (χ1v) is 2.58. The van der Waals surface area contributed by atoms with Crippen molar-refractivity contribution in [3.05, 3.63) is 0 Å². The van der Waals surface area contributed by atoms with Gasteiger partial charge in [0.05, 0.1) is 0 Å². The number of nitrogens with two attached hydrogens (primary N) is 1. The van der Waals surface area contributed by atoms with Crippen LogP contribution in [0.5, 0.6) is 0 Å². The molecule has 5 heteroatoms. The molecule has 0 unspecified atom stereocenters. The molecule has 64 valence electrons. The maximum Gasteiger partial charge on any atom is 0.230 e. The predicted molar refractivity (Wildman–Crippen MR) is 44.9 cm³/mol. The molecule has 0 atom stereocenters. The van der Waals surface area contributed by atoms with E-state index in [0.29, 0.717) is 0 Å². The van der Waals surface area contributed by atoms with Crippen LogP contribution in [0.1, 0.15) is 6.92 Å². The Bertz CT molecular complexity index is 74.5. The fraction of sp³-hybridized carbons (Fsp3) is 0.800. The first-order chi connectivity index (χ1) is 4.00. The molecule has 0 aromatic rings. The number of halogens is 1. The minimum atomic E-state index is -0.218. The molecule has 0 spiro atoms. The number of amides is 1. The normalized spacial score (nSPS) is 7.00. The van der Waals surface area contributed by atoms with Crippen LogP contribution in [0.3, 0.4) is 0 Å². The van der Waals surface area contributed by atoms with Gasteiger partial charge < -0.3 is 4.90 Å². The highest BCUT2D eigenvalue weighted by Gasteiger charge is 1.73. The summed E-state index contributed by atoms with van der Waals surface area (Å²) in [7, 11) is 6.00. The van der Waals surface area contributed by atoms with Crippen LogP contribution >= 0.6 is 12.4 Å². The second kappa shape index (κ2) is 11.5. The topological polar surface area (TPSA) is 58.4 Å². The van der Waals surface area contributed by atoms with Crippen molar-refractivity contribution < 1.29 is 4.79 Å². The largest absolute Gasteiger partial charge is 0.312 e. The smallest absolute Gasteiger partial charge is 0.230 e. The molecule has 0 saturated heterocycles. The molecule has 3 N–H and O–H groups in total. The minimum absolute atomic E-state index is 0. The Hall–Kier alpha value is -0.320. The summed E-state index contributed by atoms with van der Waals surface area (Å²) in [5, 5.41) is 0. The third kappa shape index (κ3) is 121. The number of nitrogens with zero attached hydrogens (tertiary/aromatic N) is 1. The predicted octanol–water partition coefficient (Wildman–Crippen LogP) is -0.404. The van der Waals surface area contributed by atoms with Gasteiger partial charge in [-0.15, -0.1) is 12.4 Å². The maximum absolute atomic E-state index is 9.58. The van der Waals surface area contributed by atoms with E-state index >= 15 is 0 Å². The Morgan fingerprint density at radius 3 is 1.50 bits per heavy atom. The zero-order valence-corrected chi connectivity index (χ0v) is 7.66. The molecule has 0 rings (SSSR count). The Balaban J connectivity index is -0.0000000910. The Labute approximate surface area is 68.1 Å². The number of carbonyl (C=O) groups excluding carboxylic acids is 1. The van der Waals surface area contributed by atoms with Gasteiger partial charge in [-0.3, -0.25) is 10.2 Å². The summed E-state index contributed by atoms with van der Waals surface area (Å²) in [4.78, 5) is 11.6. The second-order valence-electron chi connectivity index (χ2n) is 2.04. The molecule has 0 aromatic heterocycles. The summed E-state index contributed by atoms with van der Waals surface area (Å²) < 4.78 is 0. The average Bonchev–Trinajstić information content (AvgIpc) is 1.65. The first kappa shape index (κ1) is 16.3. The third-order valence-electron chi connectivity index (χ3n) is 0.203. The Morgan fingerprint density at radius 1 is 1.40 bits per heavy atom. The summed E-state index contributed by atoms with van der Waals surface area (Å²) in [5.74, 6) is 4.35. The average molecular weight is 170 g/mol. The molecule has 0 saturated carbocycles. The highest BCUT2D eigenvalue weighted by molar-refractivity contribution is 5.85. The molecule has 0 aliphatic heterocycles. The standard InChI is InChI=1S/C3H9N.C2H6N2O.ClH/c1-4(2)3;1-2(5)4-3;/h1-3H3;3H2,1H3,(H,4,5);1H. The van der Waals surface area contributed by atoms with Crippen molar-refractivity contribution >= 4 is 18.3 Å². The number of hydrogen-bond acceptors (Lipinski definition) is 3. The summed E-state index contributed by atoms with van der Waals surface area (Å²) in [5.41, 5.74) is 1.89. The van der Waals surface area contributed by atoms with Crippen LogP contribution in [-0.2, 0) is 4.79 Å². The summed E-state index contributed by atoms with van der Waals surface area (Å²) >= 11 is 0. The van der Waals surface area contributed by atoms with Crippen molar-refractivity contribution in [2.24, 2.45) is 5.84 Å². The molecule has 10 heavy (non-hydrogen) atoms. The van der Waals surface area contributed by atoms with E-state index in [-0.39, 0.29) is 18.3 Å². The van der Waals surface area contributed by atoms with E-state index in [4.69, 9.17) is 0 Å². The number of hydrogen-bond donors (Lipinski definition) is 2. The molecule has 0 aliphatic carbocycles. The molecular formula is C5H16ClN3O. The lowest BCUT2D eigenvalue weighted by molar-refractivity contribution is -0.119. The van der Waals surface area contributed by atoms with Crippen LogP contribution in [0.2, 0.25) is 0 Å². The van der Waals surface area contributed by atoms with Crippen LogP contribution in [0, 0.1) is 0 Å². The van der Waals surface area contributed by atoms with E-state index in [1.54, 1.807) is 0 Å². The first-order valence-electron chi connectivity index (χ1n) is 2.58. The lowest BCUT2D eigenvalue weighted by Crippen LogP contribution is -2.26. The van der Waals surface area contributed by atoms with E-state index in [0.717, 1.165) is 0 Å². The van der Waals surface area contributed by atoms with Crippen molar-refractivity contribution in [3.8, 4) is 0 Å². The monoisotopic (exact) mass is 169 g/mol. The SMILES string of the molecule is CC(=O)NN.CN(C)C.Cl. The van der Waals surface area contributed by atoms with E-state index in [1.807, 2.05) is 31.5 Å². The molecule has 0 radical (unpaired) electrons. The van der Waals surface area contributed by atoms with Crippen molar-refractivity contribution in [2.45, 2.75) is 6.92 Å². The molecule has 0 aliphatic rings. The van der Waals surface area contributed by atoms with E-state index < -0.39 is 0 Å². The van der Waals surface area contributed by atoms with Crippen molar-refractivity contribution in [3.63, 3.8) is 0 Å². The molecule has 0 heterocycles. The molecule has 4 nitrogen and oxygen atoms in total. The minimum Gasteiger partial charge on any atom is -0.312 e. The van der Waals surface area contributed by atoms with Gasteiger partial charge in [0, 0.05) is 6.92 Å². The summed E-state index contributed by atoms with van der Waals surface area (Å²) in [6.07, 6.45) is 0. The number of carbonyl (C=O) groups is 1. The van der Waals surface area contributed by atoms with Crippen molar-refractivity contribution in [2.75, 3.05) is 21.1 Å². The van der Waals surface area contributed by atoms with Crippen LogP contribution in [0.25, 0.3) is 0 Å². The van der Waals surface area contributed by atoms with Gasteiger partial charge in [-0.25, -0.2) is 5.84 Å². The lowest BCUT2D eigenvalue weighted by Gasteiger charge is -1.90. The van der Waals surface area contributed by atoms with E-state index in [9.17, 15) is 4.79 Å². The van der Waals surface area contributed by atoms with E-state index in [1.165, 1.54) is 6.92 Å². The van der Waals surface area contributed by atoms with E-state index in [2.05, 4.69) is 5.84 Å². The van der Waals surface area contributed by atoms with Crippen molar-refractivity contribution in [1.29, 1.82) is 0 Å². The van der Waals surface area contributed by atoms with Gasteiger partial charge in [0.1, 0.15) is 0 Å². The summed E-state index contributed by atoms with van der Waals surface area (Å²) in [6, 6.07) is 0. The van der Waals surface area contributed by atoms with Crippen LogP contribution in [0.15, 0.2) is 0 Å². The third-order valence-corrected chi connectivity index (χ3v) is 0.203. The molecule has 0 fully saturated rings. The number of hydrazine groups is 1. The van der Waals surface area contributed by atoms with Gasteiger partial charge in [-0.05, 0) is 21.1 Å². The van der Waals surface area contributed by atoms with Gasteiger partial charge >= 0.3 is 0 Å². The molecular weight excluding hydrogens is 154 g/mol. The number of rotatable bonds is 0. The molecule has 0 aromatic carbocycles. The zero-order chi connectivity index (χ0) is 7.86. The lowest BCUT2D eigenvalue weighted by atomic mass is 10.8. The molecule has 0 bridgehead atoms. The zero-order valence-electron chi connectivity index (χ0n) is 6.84. The highest BCUT2D eigenvalue weighted by Crippen LogP contribution is 1.47. The maximum atomic E-state index is 9.58. The van der Waals surface area contributed by atoms with Crippen LogP contribution in [-0.4, -0.2) is 32.0 Å². The highest BCUT2D eigenvalue weighted by atomic mass is 35.5. The van der Waals surface area contributed by atoms with Gasteiger partial charge in [0.2, 0.25) is 5.91 Å². The van der Waals surface area contributed by atoms with Crippen LogP contribution < -0.4 is 11.3 Å². The fourth-order valence-corrected chi connectivity index (χ4v) is 0. The van der Waals surface area contributed by atoms with Gasteiger partial charge in [-0.2, -0.15) is 0 Å².